The number of aromatic nitrogens is 2. The molecule has 1 heterocycles. The Balaban J connectivity index is 1.82. The Kier molecular flexibility index (Phi) is 4.70. The van der Waals surface area contributed by atoms with Crippen LogP contribution in [0.1, 0.15) is 38.4 Å². The van der Waals surface area contributed by atoms with Crippen molar-refractivity contribution in [2.24, 2.45) is 0 Å². The maximum atomic E-state index is 12.5. The molecule has 1 aromatic heterocycles. The Morgan fingerprint density at radius 2 is 1.72 bits per heavy atom. The molecule has 0 saturated heterocycles. The van der Waals surface area contributed by atoms with Gasteiger partial charge in [0.2, 0.25) is 0 Å². The third-order valence-electron chi connectivity index (χ3n) is 4.35. The summed E-state index contributed by atoms with van der Waals surface area (Å²) in [4.78, 5) is 12.5. The average molecular weight is 333 g/mol. The highest BCUT2D eigenvalue weighted by Gasteiger charge is 2.15. The van der Waals surface area contributed by atoms with Gasteiger partial charge in [0.1, 0.15) is 0 Å². The topological polar surface area (TPSA) is 46.9 Å². The van der Waals surface area contributed by atoms with Crippen molar-refractivity contribution in [1.29, 1.82) is 0 Å². The van der Waals surface area contributed by atoms with Crippen molar-refractivity contribution in [1.82, 2.24) is 9.78 Å². The van der Waals surface area contributed by atoms with E-state index >= 15 is 0 Å². The minimum atomic E-state index is -0.110. The van der Waals surface area contributed by atoms with Gasteiger partial charge in [0.25, 0.3) is 5.91 Å². The Morgan fingerprint density at radius 1 is 1.00 bits per heavy atom. The third-order valence-corrected chi connectivity index (χ3v) is 4.35. The van der Waals surface area contributed by atoms with Gasteiger partial charge in [-0.15, -0.1) is 0 Å². The lowest BCUT2D eigenvalue weighted by Gasteiger charge is -2.08. The summed E-state index contributed by atoms with van der Waals surface area (Å²) < 4.78 is 1.94. The number of hydrogen-bond donors (Lipinski definition) is 1. The van der Waals surface area contributed by atoms with Crippen LogP contribution in [0.3, 0.4) is 0 Å². The lowest BCUT2D eigenvalue weighted by molar-refractivity contribution is 0.102. The number of hydrogen-bond acceptors (Lipinski definition) is 2. The minimum absolute atomic E-state index is 0.110. The second-order valence-electron chi connectivity index (χ2n) is 6.51. The maximum absolute atomic E-state index is 12.5. The lowest BCUT2D eigenvalue weighted by Crippen LogP contribution is -2.13. The molecule has 0 aliphatic rings. The van der Waals surface area contributed by atoms with Crippen LogP contribution in [0.2, 0.25) is 0 Å². The van der Waals surface area contributed by atoms with E-state index in [1.807, 2.05) is 49.7 Å². The number of aryl methyl sites for hydroxylation is 3. The van der Waals surface area contributed by atoms with Crippen LogP contribution < -0.4 is 5.32 Å². The summed E-state index contributed by atoms with van der Waals surface area (Å²) in [7, 11) is 0. The molecule has 4 nitrogen and oxygen atoms in total. The lowest BCUT2D eigenvalue weighted by atomic mass is 10.1. The number of rotatable bonds is 4. The van der Waals surface area contributed by atoms with Gasteiger partial charge in [0, 0.05) is 5.56 Å². The predicted octanol–water partition coefficient (Wildman–Crippen LogP) is 4.42. The third kappa shape index (κ3) is 3.79. The maximum Gasteiger partial charge on any atom is 0.255 e. The van der Waals surface area contributed by atoms with Gasteiger partial charge < -0.3 is 5.32 Å². The van der Waals surface area contributed by atoms with Crippen LogP contribution in [-0.4, -0.2) is 15.7 Å². The van der Waals surface area contributed by atoms with Crippen LogP contribution in [0.4, 0.5) is 5.69 Å². The molecule has 0 spiro atoms. The van der Waals surface area contributed by atoms with Gasteiger partial charge in [0.15, 0.2) is 0 Å². The van der Waals surface area contributed by atoms with Gasteiger partial charge in [-0.3, -0.25) is 9.48 Å². The first kappa shape index (κ1) is 17.0. The van der Waals surface area contributed by atoms with Crippen molar-refractivity contribution in [2.75, 3.05) is 5.32 Å². The van der Waals surface area contributed by atoms with E-state index in [1.54, 1.807) is 0 Å². The van der Waals surface area contributed by atoms with Crippen molar-refractivity contribution in [3.8, 4) is 0 Å². The molecule has 4 heteroatoms. The highest BCUT2D eigenvalue weighted by molar-refractivity contribution is 6.04. The predicted molar refractivity (Wildman–Crippen MR) is 101 cm³/mol. The van der Waals surface area contributed by atoms with Crippen molar-refractivity contribution in [3.63, 3.8) is 0 Å². The molecule has 0 radical (unpaired) electrons. The van der Waals surface area contributed by atoms with E-state index in [2.05, 4.69) is 41.6 Å². The second-order valence-corrected chi connectivity index (χ2v) is 6.51. The molecular formula is C21H23N3O. The second kappa shape index (κ2) is 6.93. The number of benzene rings is 2. The van der Waals surface area contributed by atoms with Crippen molar-refractivity contribution in [2.45, 2.75) is 34.2 Å². The summed E-state index contributed by atoms with van der Waals surface area (Å²) in [6.07, 6.45) is 0. The number of nitrogens with one attached hydrogen (secondary N) is 1. The zero-order chi connectivity index (χ0) is 18.0. The molecule has 25 heavy (non-hydrogen) atoms. The molecule has 128 valence electrons. The summed E-state index contributed by atoms with van der Waals surface area (Å²) in [6, 6.07) is 15.9. The molecule has 1 amide bonds. The van der Waals surface area contributed by atoms with Crippen LogP contribution in [0, 0.1) is 27.7 Å². The number of amides is 1. The molecule has 0 atom stereocenters. The molecule has 3 aromatic rings. The first-order chi connectivity index (χ1) is 11.9. The normalized spacial score (nSPS) is 10.7. The smallest absolute Gasteiger partial charge is 0.255 e. The molecule has 0 bridgehead atoms. The van der Waals surface area contributed by atoms with Gasteiger partial charge in [-0.2, -0.15) is 5.10 Å². The fourth-order valence-electron chi connectivity index (χ4n) is 2.91. The zero-order valence-corrected chi connectivity index (χ0v) is 15.1. The quantitative estimate of drug-likeness (QED) is 0.768. The first-order valence-corrected chi connectivity index (χ1v) is 8.41. The van der Waals surface area contributed by atoms with Gasteiger partial charge in [-0.1, -0.05) is 47.5 Å². The van der Waals surface area contributed by atoms with Gasteiger partial charge in [-0.05, 0) is 45.4 Å². The fourth-order valence-corrected chi connectivity index (χ4v) is 2.91. The zero-order valence-electron chi connectivity index (χ0n) is 15.1. The van der Waals surface area contributed by atoms with E-state index in [4.69, 9.17) is 0 Å². The standard InChI is InChI=1S/C21H23N3O/c1-14-8-10-19(11-9-14)21(25)22-20-16(3)23-24(17(20)4)13-18-7-5-6-15(2)12-18/h5-12H,13H2,1-4H3,(H,22,25). The largest absolute Gasteiger partial charge is 0.319 e. The molecule has 0 aliphatic carbocycles. The average Bonchev–Trinajstić information content (AvgIpc) is 2.83. The summed E-state index contributed by atoms with van der Waals surface area (Å²) >= 11 is 0. The number of nitrogens with zero attached hydrogens (tertiary/aromatic N) is 2. The summed E-state index contributed by atoms with van der Waals surface area (Å²) in [5, 5.41) is 7.61. The fraction of sp³-hybridized carbons (Fsp3) is 0.238. The van der Waals surface area contributed by atoms with Crippen molar-refractivity contribution < 1.29 is 4.79 Å². The molecule has 0 unspecified atom stereocenters. The van der Waals surface area contributed by atoms with Crippen molar-refractivity contribution >= 4 is 11.6 Å². The van der Waals surface area contributed by atoms with E-state index < -0.39 is 0 Å². The van der Waals surface area contributed by atoms with Crippen LogP contribution in [0.5, 0.6) is 0 Å². The number of carbonyl (C=O) groups excluding carboxylic acids is 1. The molecule has 0 fully saturated rings. The number of anilines is 1. The van der Waals surface area contributed by atoms with Gasteiger partial charge in [-0.25, -0.2) is 0 Å². The Morgan fingerprint density at radius 3 is 2.40 bits per heavy atom. The molecule has 0 aliphatic heterocycles. The van der Waals surface area contributed by atoms with Crippen LogP contribution in [-0.2, 0) is 6.54 Å². The van der Waals surface area contributed by atoms with Gasteiger partial charge >= 0.3 is 0 Å². The van der Waals surface area contributed by atoms with Crippen LogP contribution in [0.25, 0.3) is 0 Å². The van der Waals surface area contributed by atoms with E-state index in [9.17, 15) is 4.79 Å². The van der Waals surface area contributed by atoms with E-state index in [-0.39, 0.29) is 5.91 Å². The molecule has 3 rings (SSSR count). The summed E-state index contributed by atoms with van der Waals surface area (Å²) in [6.45, 7) is 8.68. The van der Waals surface area contributed by atoms with Gasteiger partial charge in [0.05, 0.1) is 23.6 Å². The Hall–Kier alpha value is -2.88. The highest BCUT2D eigenvalue weighted by Crippen LogP contribution is 2.21. The molecule has 0 saturated carbocycles. The van der Waals surface area contributed by atoms with Crippen LogP contribution in [0.15, 0.2) is 48.5 Å². The molecular weight excluding hydrogens is 310 g/mol. The molecule has 1 N–H and O–H groups in total. The SMILES string of the molecule is Cc1ccc(C(=O)Nc2c(C)nn(Cc3cccc(C)c3)c2C)cc1. The van der Waals surface area contributed by atoms with Crippen molar-refractivity contribution in [3.05, 3.63) is 82.2 Å². The van der Waals surface area contributed by atoms with E-state index in [0.29, 0.717) is 12.1 Å². The van der Waals surface area contributed by atoms with Crippen LogP contribution >= 0.6 is 0 Å². The highest BCUT2D eigenvalue weighted by atomic mass is 16.1. The summed E-state index contributed by atoms with van der Waals surface area (Å²) in [5.41, 5.74) is 6.78. The minimum Gasteiger partial charge on any atom is -0.319 e. The summed E-state index contributed by atoms with van der Waals surface area (Å²) in [5.74, 6) is -0.110. The van der Waals surface area contributed by atoms with E-state index in [0.717, 1.165) is 22.6 Å². The Bertz CT molecular complexity index is 907. The molecule has 2 aromatic carbocycles. The Labute approximate surface area is 148 Å². The monoisotopic (exact) mass is 333 g/mol. The first-order valence-electron chi connectivity index (χ1n) is 8.41. The number of carbonyl (C=O) groups is 1. The van der Waals surface area contributed by atoms with E-state index in [1.165, 1.54) is 11.1 Å².